The molecular weight excluding hydrogens is 350 g/mol. The number of allylic oxidation sites excluding steroid dienone is 1. The van der Waals surface area contributed by atoms with E-state index in [0.717, 1.165) is 21.8 Å². The maximum Gasteiger partial charge on any atom is 0.185 e. The van der Waals surface area contributed by atoms with Crippen molar-refractivity contribution < 1.29 is 4.79 Å². The normalized spacial score (nSPS) is 12.4. The Kier molecular flexibility index (Phi) is 4.35. The van der Waals surface area contributed by atoms with Gasteiger partial charge >= 0.3 is 0 Å². The molecule has 0 aromatic heterocycles. The highest BCUT2D eigenvalue weighted by Crippen LogP contribution is 2.44. The second kappa shape index (κ2) is 6.79. The van der Waals surface area contributed by atoms with Gasteiger partial charge in [0.2, 0.25) is 0 Å². The fourth-order valence-corrected chi connectivity index (χ4v) is 3.84. The number of para-hydroxylation sites is 1. The van der Waals surface area contributed by atoms with Crippen molar-refractivity contribution >= 4 is 46.6 Å². The van der Waals surface area contributed by atoms with Crippen LogP contribution >= 0.6 is 23.4 Å². The standard InChI is InChI=1S/C21H14ClNOS/c22-16-5-3-4-14(12-16)8-10-19(24)15-9-11-21-18(13-15)23-17-6-1-2-7-20(17)25-21/h1-13,23H/b10-8+. The lowest BCUT2D eigenvalue weighted by molar-refractivity contribution is 0.104. The van der Waals surface area contributed by atoms with Crippen LogP contribution in [-0.2, 0) is 0 Å². The molecule has 0 radical (unpaired) electrons. The highest BCUT2D eigenvalue weighted by molar-refractivity contribution is 7.99. The van der Waals surface area contributed by atoms with E-state index in [1.807, 2.05) is 60.7 Å². The van der Waals surface area contributed by atoms with Gasteiger partial charge in [-0.25, -0.2) is 0 Å². The molecule has 2 nitrogen and oxygen atoms in total. The Morgan fingerprint density at radius 2 is 1.76 bits per heavy atom. The second-order valence-corrected chi connectivity index (χ2v) is 7.21. The summed E-state index contributed by atoms with van der Waals surface area (Å²) in [5, 5.41) is 4.06. The molecule has 122 valence electrons. The van der Waals surface area contributed by atoms with Gasteiger partial charge in [-0.05, 0) is 54.1 Å². The van der Waals surface area contributed by atoms with Crippen LogP contribution in [0, 0.1) is 0 Å². The summed E-state index contributed by atoms with van der Waals surface area (Å²) in [5.41, 5.74) is 3.59. The predicted octanol–water partition coefficient (Wildman–Crippen LogP) is 6.44. The van der Waals surface area contributed by atoms with E-state index in [0.29, 0.717) is 10.6 Å². The van der Waals surface area contributed by atoms with E-state index >= 15 is 0 Å². The molecule has 3 aromatic carbocycles. The van der Waals surface area contributed by atoms with E-state index < -0.39 is 0 Å². The third-order valence-electron chi connectivity index (χ3n) is 3.92. The van der Waals surface area contributed by atoms with Gasteiger partial charge in [0.25, 0.3) is 0 Å². The zero-order chi connectivity index (χ0) is 17.2. The average Bonchev–Trinajstić information content (AvgIpc) is 2.64. The van der Waals surface area contributed by atoms with Crippen molar-refractivity contribution in [2.45, 2.75) is 9.79 Å². The van der Waals surface area contributed by atoms with E-state index in [4.69, 9.17) is 11.6 Å². The van der Waals surface area contributed by atoms with Gasteiger partial charge in [0, 0.05) is 20.4 Å². The molecule has 1 aliphatic heterocycles. The van der Waals surface area contributed by atoms with Gasteiger partial charge in [-0.2, -0.15) is 0 Å². The third-order valence-corrected chi connectivity index (χ3v) is 5.30. The number of hydrogen-bond donors (Lipinski definition) is 1. The first-order chi connectivity index (χ1) is 12.2. The van der Waals surface area contributed by atoms with Gasteiger partial charge in [-0.3, -0.25) is 4.79 Å². The lowest BCUT2D eigenvalue weighted by Crippen LogP contribution is -2.02. The molecule has 0 unspecified atom stereocenters. The first-order valence-corrected chi connectivity index (χ1v) is 9.04. The molecular formula is C21H14ClNOS. The molecule has 1 heterocycles. The number of benzene rings is 3. The number of nitrogens with one attached hydrogen (secondary N) is 1. The molecule has 4 rings (SSSR count). The lowest BCUT2D eigenvalue weighted by atomic mass is 10.1. The summed E-state index contributed by atoms with van der Waals surface area (Å²) in [6.07, 6.45) is 3.36. The number of ketones is 1. The summed E-state index contributed by atoms with van der Waals surface area (Å²) in [5.74, 6) is -0.0339. The quantitative estimate of drug-likeness (QED) is 0.335. The Hall–Kier alpha value is -2.49. The van der Waals surface area contributed by atoms with Crippen molar-refractivity contribution in [1.82, 2.24) is 0 Å². The number of carbonyl (C=O) groups is 1. The lowest BCUT2D eigenvalue weighted by Gasteiger charge is -2.20. The first-order valence-electron chi connectivity index (χ1n) is 7.85. The van der Waals surface area contributed by atoms with Crippen molar-refractivity contribution in [3.63, 3.8) is 0 Å². The zero-order valence-electron chi connectivity index (χ0n) is 13.2. The van der Waals surface area contributed by atoms with Gasteiger partial charge in [0.05, 0.1) is 11.4 Å². The van der Waals surface area contributed by atoms with Crippen LogP contribution in [0.3, 0.4) is 0 Å². The summed E-state index contributed by atoms with van der Waals surface area (Å²) in [6.45, 7) is 0. The van der Waals surface area contributed by atoms with Crippen LogP contribution in [0.15, 0.2) is 82.6 Å². The fraction of sp³-hybridized carbons (Fsp3) is 0. The van der Waals surface area contributed by atoms with Gasteiger partial charge in [-0.1, -0.05) is 53.7 Å². The van der Waals surface area contributed by atoms with Crippen molar-refractivity contribution in [1.29, 1.82) is 0 Å². The molecule has 0 bridgehead atoms. The Labute approximate surface area is 155 Å². The van der Waals surface area contributed by atoms with Crippen molar-refractivity contribution in [3.05, 3.63) is 89.0 Å². The zero-order valence-corrected chi connectivity index (χ0v) is 14.8. The molecule has 4 heteroatoms. The number of carbonyl (C=O) groups excluding carboxylic acids is 1. The molecule has 0 saturated heterocycles. The second-order valence-electron chi connectivity index (χ2n) is 5.69. The Bertz CT molecular complexity index is 997. The molecule has 1 aliphatic rings. The predicted molar refractivity (Wildman–Crippen MR) is 105 cm³/mol. The fourth-order valence-electron chi connectivity index (χ4n) is 2.67. The average molecular weight is 364 g/mol. The summed E-state index contributed by atoms with van der Waals surface area (Å²) in [7, 11) is 0. The summed E-state index contributed by atoms with van der Waals surface area (Å²) in [4.78, 5) is 14.8. The molecule has 25 heavy (non-hydrogen) atoms. The largest absolute Gasteiger partial charge is 0.354 e. The minimum Gasteiger partial charge on any atom is -0.354 e. The maximum absolute atomic E-state index is 12.5. The van der Waals surface area contributed by atoms with Crippen molar-refractivity contribution in [3.8, 4) is 0 Å². The van der Waals surface area contributed by atoms with Crippen LogP contribution in [-0.4, -0.2) is 5.78 Å². The van der Waals surface area contributed by atoms with Crippen LogP contribution in [0.2, 0.25) is 5.02 Å². The Morgan fingerprint density at radius 1 is 0.920 bits per heavy atom. The first kappa shape index (κ1) is 16.0. The molecule has 0 spiro atoms. The third kappa shape index (κ3) is 3.48. The van der Waals surface area contributed by atoms with Crippen molar-refractivity contribution in [2.24, 2.45) is 0 Å². The molecule has 1 N–H and O–H groups in total. The Balaban J connectivity index is 1.57. The number of rotatable bonds is 3. The monoisotopic (exact) mass is 363 g/mol. The van der Waals surface area contributed by atoms with E-state index in [-0.39, 0.29) is 5.78 Å². The summed E-state index contributed by atoms with van der Waals surface area (Å²) < 4.78 is 0. The van der Waals surface area contributed by atoms with Crippen LogP contribution in [0.4, 0.5) is 11.4 Å². The van der Waals surface area contributed by atoms with Crippen LogP contribution in [0.1, 0.15) is 15.9 Å². The van der Waals surface area contributed by atoms with E-state index in [2.05, 4.69) is 11.4 Å². The van der Waals surface area contributed by atoms with E-state index in [9.17, 15) is 4.79 Å². The minimum absolute atomic E-state index is 0.0339. The molecule has 3 aromatic rings. The smallest absolute Gasteiger partial charge is 0.185 e. The molecule has 0 fully saturated rings. The molecule has 0 amide bonds. The SMILES string of the molecule is O=C(/C=C/c1cccc(Cl)c1)c1ccc2c(c1)Nc1ccccc1S2. The molecule has 0 saturated carbocycles. The summed E-state index contributed by atoms with van der Waals surface area (Å²) in [6, 6.07) is 21.3. The Morgan fingerprint density at radius 3 is 2.64 bits per heavy atom. The topological polar surface area (TPSA) is 29.1 Å². The van der Waals surface area contributed by atoms with Gasteiger partial charge < -0.3 is 5.32 Å². The molecule has 0 atom stereocenters. The maximum atomic E-state index is 12.5. The minimum atomic E-state index is -0.0339. The summed E-state index contributed by atoms with van der Waals surface area (Å²) >= 11 is 7.68. The van der Waals surface area contributed by atoms with Gasteiger partial charge in [0.1, 0.15) is 0 Å². The number of anilines is 2. The van der Waals surface area contributed by atoms with E-state index in [1.165, 1.54) is 4.90 Å². The van der Waals surface area contributed by atoms with Crippen molar-refractivity contribution in [2.75, 3.05) is 5.32 Å². The van der Waals surface area contributed by atoms with Gasteiger partial charge in [-0.15, -0.1) is 0 Å². The number of halogens is 1. The van der Waals surface area contributed by atoms with Crippen LogP contribution in [0.5, 0.6) is 0 Å². The van der Waals surface area contributed by atoms with E-state index in [1.54, 1.807) is 23.9 Å². The molecule has 0 aliphatic carbocycles. The number of fused-ring (bicyclic) bond motifs is 2. The van der Waals surface area contributed by atoms with Gasteiger partial charge in [0.15, 0.2) is 5.78 Å². The van der Waals surface area contributed by atoms with Crippen LogP contribution in [0.25, 0.3) is 6.08 Å². The van der Waals surface area contributed by atoms with Crippen LogP contribution < -0.4 is 5.32 Å². The number of hydrogen-bond acceptors (Lipinski definition) is 3. The highest BCUT2D eigenvalue weighted by Gasteiger charge is 2.16. The highest BCUT2D eigenvalue weighted by atomic mass is 35.5.